The van der Waals surface area contributed by atoms with Crippen molar-refractivity contribution in [2.24, 2.45) is 0 Å². The second kappa shape index (κ2) is 4.39. The van der Waals surface area contributed by atoms with Gasteiger partial charge >= 0.3 is 0 Å². The summed E-state index contributed by atoms with van der Waals surface area (Å²) < 4.78 is 6.85. The lowest BCUT2D eigenvalue weighted by Gasteiger charge is -2.29. The summed E-state index contributed by atoms with van der Waals surface area (Å²) in [6.07, 6.45) is 0. The first-order chi connectivity index (χ1) is 5.27. The lowest BCUT2D eigenvalue weighted by molar-refractivity contribution is -0.888. The minimum Gasteiger partial charge on any atom is -0.412 e. The van der Waals surface area contributed by atoms with Gasteiger partial charge in [0.2, 0.25) is 0 Å². The van der Waals surface area contributed by atoms with Crippen molar-refractivity contribution in [3.05, 3.63) is 0 Å². The van der Waals surface area contributed by atoms with Crippen molar-refractivity contribution >= 4 is 8.32 Å². The Kier molecular flexibility index (Phi) is 4.44. The van der Waals surface area contributed by atoms with Crippen molar-refractivity contribution in [2.45, 2.75) is 26.6 Å². The van der Waals surface area contributed by atoms with Crippen molar-refractivity contribution in [2.75, 3.05) is 33.8 Å². The van der Waals surface area contributed by atoms with Crippen LogP contribution in [0.15, 0.2) is 0 Å². The van der Waals surface area contributed by atoms with Gasteiger partial charge in [0.05, 0.1) is 27.2 Å². The van der Waals surface area contributed by atoms with E-state index >= 15 is 0 Å². The fraction of sp³-hybridized carbons (Fsp3) is 1.00. The van der Waals surface area contributed by atoms with Gasteiger partial charge in [-0.3, -0.25) is 0 Å². The molecule has 0 radical (unpaired) electrons. The third kappa shape index (κ3) is 6.82. The van der Waals surface area contributed by atoms with E-state index in [0.29, 0.717) is 0 Å². The summed E-state index contributed by atoms with van der Waals surface area (Å²) in [5.41, 5.74) is 0. The summed E-state index contributed by atoms with van der Waals surface area (Å²) in [7, 11) is 3.21. The molecule has 0 heterocycles. The molecule has 0 amide bonds. The molecule has 0 bridgehead atoms. The van der Waals surface area contributed by atoms with E-state index in [9.17, 15) is 0 Å². The Hall–Kier alpha value is 0.137. The molecule has 2 nitrogen and oxygen atoms in total. The highest BCUT2D eigenvalue weighted by molar-refractivity contribution is 6.69. The smallest absolute Gasteiger partial charge is 0.184 e. The summed E-state index contributed by atoms with van der Waals surface area (Å²) in [4.78, 5) is 0. The normalized spacial score (nSPS) is 13.5. The zero-order valence-electron chi connectivity index (χ0n) is 9.48. The van der Waals surface area contributed by atoms with Gasteiger partial charge in [0.25, 0.3) is 0 Å². The summed E-state index contributed by atoms with van der Waals surface area (Å²) in [5, 5.41) is 0. The van der Waals surface area contributed by atoms with E-state index in [0.717, 1.165) is 17.6 Å². The Morgan fingerprint density at radius 1 is 1.17 bits per heavy atom. The first-order valence-corrected chi connectivity index (χ1v) is 8.14. The molecule has 0 aliphatic carbocycles. The van der Waals surface area contributed by atoms with Crippen LogP contribution in [0.5, 0.6) is 0 Å². The highest BCUT2D eigenvalue weighted by atomic mass is 28.4. The molecule has 0 aliphatic heterocycles. The number of hydrogen-bond acceptors (Lipinski definition) is 1. The monoisotopic (exact) mass is 190 g/mol. The fourth-order valence-electron chi connectivity index (χ4n) is 0.757. The molecule has 74 valence electrons. The van der Waals surface area contributed by atoms with Crippen LogP contribution in [-0.2, 0) is 4.43 Å². The summed E-state index contributed by atoms with van der Waals surface area (Å²) in [5.74, 6) is 0. The van der Waals surface area contributed by atoms with Crippen LogP contribution < -0.4 is 0 Å². The van der Waals surface area contributed by atoms with E-state index in [1.807, 2.05) is 0 Å². The van der Waals surface area contributed by atoms with Crippen LogP contribution in [0.1, 0.15) is 6.92 Å². The predicted octanol–water partition coefficient (Wildman–Crippen LogP) is 1.93. The van der Waals surface area contributed by atoms with E-state index in [2.05, 4.69) is 40.7 Å². The number of likely N-dealkylation sites (N-methyl/N-ethyl adjacent to an activating group) is 1. The maximum absolute atomic E-state index is 5.79. The maximum atomic E-state index is 5.79. The first-order valence-electron chi connectivity index (χ1n) is 4.73. The quantitative estimate of drug-likeness (QED) is 0.475. The fourth-order valence-corrected chi connectivity index (χ4v) is 1.46. The van der Waals surface area contributed by atoms with E-state index in [-0.39, 0.29) is 0 Å². The van der Waals surface area contributed by atoms with Gasteiger partial charge in [-0.25, -0.2) is 0 Å². The third-order valence-electron chi connectivity index (χ3n) is 2.09. The Morgan fingerprint density at radius 3 is 2.00 bits per heavy atom. The van der Waals surface area contributed by atoms with Crippen LogP contribution >= 0.6 is 0 Å². The van der Waals surface area contributed by atoms with E-state index in [1.165, 1.54) is 6.54 Å². The average Bonchev–Trinajstić information content (AvgIpc) is 1.84. The Morgan fingerprint density at radius 2 is 1.67 bits per heavy atom. The zero-order chi connectivity index (χ0) is 9.83. The Labute approximate surface area is 78.2 Å². The van der Waals surface area contributed by atoms with Gasteiger partial charge in [-0.05, 0) is 26.6 Å². The van der Waals surface area contributed by atoms with Crippen molar-refractivity contribution in [1.29, 1.82) is 0 Å². The zero-order valence-corrected chi connectivity index (χ0v) is 10.5. The minimum atomic E-state index is -1.28. The molecule has 0 rings (SSSR count). The second-order valence-electron chi connectivity index (χ2n) is 4.94. The van der Waals surface area contributed by atoms with Crippen molar-refractivity contribution in [3.63, 3.8) is 0 Å². The van der Waals surface area contributed by atoms with Crippen LogP contribution in [0.4, 0.5) is 0 Å². The van der Waals surface area contributed by atoms with Gasteiger partial charge in [0.1, 0.15) is 6.54 Å². The predicted molar refractivity (Wildman–Crippen MR) is 56.8 cm³/mol. The van der Waals surface area contributed by atoms with E-state index in [1.54, 1.807) is 0 Å². The first kappa shape index (κ1) is 12.1. The standard InChI is InChI=1S/C9H24NOSi/c1-7-10(2,3)8-9-11-12(4,5)6/h7-9H2,1-6H3/q+1. The molecular weight excluding hydrogens is 166 g/mol. The SMILES string of the molecule is CC[N+](C)(C)CCO[Si](C)(C)C. The molecule has 0 aromatic rings. The number of nitrogens with zero attached hydrogens (tertiary/aromatic N) is 1. The maximum Gasteiger partial charge on any atom is 0.184 e. The van der Waals surface area contributed by atoms with E-state index in [4.69, 9.17) is 4.43 Å². The van der Waals surface area contributed by atoms with Gasteiger partial charge in [-0.1, -0.05) is 0 Å². The van der Waals surface area contributed by atoms with Crippen LogP contribution in [0.3, 0.4) is 0 Å². The third-order valence-corrected chi connectivity index (χ3v) is 3.16. The molecular formula is C9H24NOSi+. The van der Waals surface area contributed by atoms with Gasteiger partial charge in [-0.15, -0.1) is 0 Å². The molecule has 0 spiro atoms. The molecule has 0 N–H and O–H groups in total. The van der Waals surface area contributed by atoms with Gasteiger partial charge in [-0.2, -0.15) is 0 Å². The highest BCUT2D eigenvalue weighted by Crippen LogP contribution is 2.03. The highest BCUT2D eigenvalue weighted by Gasteiger charge is 2.17. The van der Waals surface area contributed by atoms with Crippen LogP contribution in [-0.4, -0.2) is 46.6 Å². The molecule has 0 unspecified atom stereocenters. The minimum absolute atomic E-state index is 0.913. The molecule has 0 saturated heterocycles. The summed E-state index contributed by atoms with van der Waals surface area (Å²) >= 11 is 0. The van der Waals surface area contributed by atoms with Crippen molar-refractivity contribution in [3.8, 4) is 0 Å². The lowest BCUT2D eigenvalue weighted by Crippen LogP contribution is -2.43. The second-order valence-corrected chi connectivity index (χ2v) is 9.45. The lowest BCUT2D eigenvalue weighted by atomic mass is 10.4. The molecule has 0 fully saturated rings. The van der Waals surface area contributed by atoms with E-state index < -0.39 is 8.32 Å². The van der Waals surface area contributed by atoms with Gasteiger partial charge in [0.15, 0.2) is 8.32 Å². The van der Waals surface area contributed by atoms with Crippen molar-refractivity contribution in [1.82, 2.24) is 0 Å². The molecule has 12 heavy (non-hydrogen) atoms. The molecule has 3 heteroatoms. The molecule has 0 aliphatic rings. The van der Waals surface area contributed by atoms with Gasteiger partial charge in [0, 0.05) is 0 Å². The molecule has 0 aromatic carbocycles. The largest absolute Gasteiger partial charge is 0.412 e. The van der Waals surface area contributed by atoms with Crippen molar-refractivity contribution < 1.29 is 8.91 Å². The summed E-state index contributed by atoms with van der Waals surface area (Å²) in [6, 6.07) is 0. The van der Waals surface area contributed by atoms with Crippen LogP contribution in [0, 0.1) is 0 Å². The number of quaternary nitrogens is 1. The molecule has 0 atom stereocenters. The molecule has 0 saturated carbocycles. The van der Waals surface area contributed by atoms with Crippen LogP contribution in [0.2, 0.25) is 19.6 Å². The molecule has 0 aromatic heterocycles. The Bertz CT molecular complexity index is 129. The summed E-state index contributed by atoms with van der Waals surface area (Å²) in [6.45, 7) is 12.1. The van der Waals surface area contributed by atoms with Gasteiger partial charge < -0.3 is 8.91 Å². The number of rotatable bonds is 5. The average molecular weight is 190 g/mol. The topological polar surface area (TPSA) is 9.23 Å². The Balaban J connectivity index is 3.57. The van der Waals surface area contributed by atoms with Crippen LogP contribution in [0.25, 0.3) is 0 Å². The number of hydrogen-bond donors (Lipinski definition) is 0.